The average Bonchev–Trinajstić information content (AvgIpc) is 3.12. The fourth-order valence-electron chi connectivity index (χ4n) is 3.73. The number of H-pyrrole nitrogens is 1. The number of rotatable bonds is 7. The lowest BCUT2D eigenvalue weighted by Gasteiger charge is -2.26. The maximum atomic E-state index is 13.0. The number of nitrogens with zero attached hydrogens (tertiary/aromatic N) is 2. The number of carbonyl (C=O) groups excluding carboxylic acids is 1. The first kappa shape index (κ1) is 22.3. The zero-order chi connectivity index (χ0) is 22.7. The van der Waals surface area contributed by atoms with E-state index in [0.717, 1.165) is 11.0 Å². The first-order valence-electron chi connectivity index (χ1n) is 10.4. The number of sulfonamides is 1. The highest BCUT2D eigenvalue weighted by Crippen LogP contribution is 2.23. The van der Waals surface area contributed by atoms with Crippen molar-refractivity contribution in [1.82, 2.24) is 13.9 Å². The molecule has 2 heterocycles. The highest BCUT2D eigenvalue weighted by molar-refractivity contribution is 7.89. The van der Waals surface area contributed by atoms with Gasteiger partial charge in [-0.15, -0.1) is 0 Å². The number of fused-ring (bicyclic) bond motifs is 1. The zero-order valence-electron chi connectivity index (χ0n) is 17.7. The van der Waals surface area contributed by atoms with Crippen molar-refractivity contribution in [2.45, 2.75) is 24.8 Å². The fraction of sp³-hybridized carbons (Fsp3) is 0.364. The molecule has 170 valence electrons. The van der Waals surface area contributed by atoms with Gasteiger partial charge in [0.05, 0.1) is 41.3 Å². The summed E-state index contributed by atoms with van der Waals surface area (Å²) in [5.41, 5.74) is 2.07. The van der Waals surface area contributed by atoms with Crippen LogP contribution >= 0.6 is 0 Å². The van der Waals surface area contributed by atoms with E-state index in [-0.39, 0.29) is 35.8 Å². The first-order valence-corrected chi connectivity index (χ1v) is 11.8. The summed E-state index contributed by atoms with van der Waals surface area (Å²) in [6, 6.07) is 11.9. The number of carbonyl (C=O) groups is 1. The van der Waals surface area contributed by atoms with Crippen molar-refractivity contribution in [2.75, 3.05) is 32.9 Å². The van der Waals surface area contributed by atoms with Crippen molar-refractivity contribution in [3.8, 4) is 0 Å². The minimum absolute atomic E-state index is 0.0965. The summed E-state index contributed by atoms with van der Waals surface area (Å²) < 4.78 is 39.5. The molecule has 0 spiro atoms. The van der Waals surface area contributed by atoms with Crippen LogP contribution in [0.4, 0.5) is 0 Å². The van der Waals surface area contributed by atoms with Gasteiger partial charge in [-0.25, -0.2) is 18.0 Å². The number of aryl methyl sites for hydroxylation is 2. The Bertz CT molecular complexity index is 1290. The molecule has 0 radical (unpaired) electrons. The molecule has 0 bridgehead atoms. The molecular formula is C22H25N3O6S. The monoisotopic (exact) mass is 459 g/mol. The van der Waals surface area contributed by atoms with Crippen LogP contribution in [0.25, 0.3) is 11.0 Å². The Morgan fingerprint density at radius 3 is 2.69 bits per heavy atom. The number of aromatic nitrogens is 2. The Kier molecular flexibility index (Phi) is 6.45. The number of morpholine rings is 1. The predicted octanol–water partition coefficient (Wildman–Crippen LogP) is 1.91. The van der Waals surface area contributed by atoms with Crippen molar-refractivity contribution >= 4 is 27.0 Å². The third-order valence-corrected chi connectivity index (χ3v) is 7.49. The lowest BCUT2D eigenvalue weighted by atomic mass is 10.1. The van der Waals surface area contributed by atoms with Gasteiger partial charge in [-0.05, 0) is 43.2 Å². The van der Waals surface area contributed by atoms with Gasteiger partial charge >= 0.3 is 11.7 Å². The van der Waals surface area contributed by atoms with Crippen molar-refractivity contribution in [2.24, 2.45) is 0 Å². The Labute approximate surface area is 185 Å². The molecule has 3 aromatic rings. The van der Waals surface area contributed by atoms with Crippen LogP contribution in [0, 0.1) is 6.92 Å². The van der Waals surface area contributed by atoms with Crippen LogP contribution in [0.15, 0.2) is 52.2 Å². The van der Waals surface area contributed by atoms with Crippen LogP contribution in [-0.2, 0) is 26.0 Å². The van der Waals surface area contributed by atoms with Gasteiger partial charge in [0.15, 0.2) is 0 Å². The maximum absolute atomic E-state index is 13.0. The van der Waals surface area contributed by atoms with Gasteiger partial charge in [0.1, 0.15) is 0 Å². The van der Waals surface area contributed by atoms with Crippen LogP contribution in [0.1, 0.15) is 22.3 Å². The SMILES string of the molecule is Cc1ccc(C(=O)OCCCn2c(=O)[nH]c3ccccc32)cc1S(=O)(=O)N1CCOCC1. The van der Waals surface area contributed by atoms with Gasteiger partial charge < -0.3 is 14.5 Å². The van der Waals surface area contributed by atoms with E-state index in [0.29, 0.717) is 31.7 Å². The Hall–Kier alpha value is -2.95. The number of ether oxygens (including phenoxy) is 2. The van der Waals surface area contributed by atoms with E-state index < -0.39 is 16.0 Å². The molecule has 10 heteroatoms. The topological polar surface area (TPSA) is 111 Å². The molecule has 1 aromatic heterocycles. The van der Waals surface area contributed by atoms with E-state index in [1.807, 2.05) is 24.3 Å². The van der Waals surface area contributed by atoms with Gasteiger partial charge in [-0.2, -0.15) is 4.31 Å². The smallest absolute Gasteiger partial charge is 0.338 e. The second kappa shape index (κ2) is 9.27. The van der Waals surface area contributed by atoms with Crippen molar-refractivity contribution in [3.05, 3.63) is 64.1 Å². The van der Waals surface area contributed by atoms with Crippen LogP contribution in [0.2, 0.25) is 0 Å². The molecule has 1 fully saturated rings. The highest BCUT2D eigenvalue weighted by atomic mass is 32.2. The van der Waals surface area contributed by atoms with Gasteiger partial charge in [-0.3, -0.25) is 4.57 Å². The van der Waals surface area contributed by atoms with E-state index in [9.17, 15) is 18.0 Å². The number of hydrogen-bond donors (Lipinski definition) is 1. The lowest BCUT2D eigenvalue weighted by molar-refractivity contribution is 0.0495. The number of para-hydroxylation sites is 2. The molecule has 1 N–H and O–H groups in total. The molecular weight excluding hydrogens is 434 g/mol. The molecule has 0 aliphatic carbocycles. The third kappa shape index (κ3) is 4.47. The molecule has 32 heavy (non-hydrogen) atoms. The maximum Gasteiger partial charge on any atom is 0.338 e. The largest absolute Gasteiger partial charge is 0.462 e. The summed E-state index contributed by atoms with van der Waals surface area (Å²) in [4.78, 5) is 27.5. The number of benzene rings is 2. The highest BCUT2D eigenvalue weighted by Gasteiger charge is 2.28. The fourth-order valence-corrected chi connectivity index (χ4v) is 5.39. The van der Waals surface area contributed by atoms with Gasteiger partial charge in [0.2, 0.25) is 10.0 Å². The molecule has 2 aromatic carbocycles. The minimum Gasteiger partial charge on any atom is -0.462 e. The molecule has 0 saturated carbocycles. The predicted molar refractivity (Wildman–Crippen MR) is 118 cm³/mol. The molecule has 0 unspecified atom stereocenters. The van der Waals surface area contributed by atoms with Crippen LogP contribution < -0.4 is 5.69 Å². The average molecular weight is 460 g/mol. The molecule has 1 aliphatic rings. The second-order valence-corrected chi connectivity index (χ2v) is 9.49. The summed E-state index contributed by atoms with van der Waals surface area (Å²) in [5.74, 6) is -0.602. The zero-order valence-corrected chi connectivity index (χ0v) is 18.6. The Morgan fingerprint density at radius 2 is 1.91 bits per heavy atom. The van der Waals surface area contributed by atoms with E-state index in [4.69, 9.17) is 9.47 Å². The van der Waals surface area contributed by atoms with Gasteiger partial charge in [-0.1, -0.05) is 18.2 Å². The number of esters is 1. The molecule has 9 nitrogen and oxygen atoms in total. The van der Waals surface area contributed by atoms with E-state index in [1.54, 1.807) is 23.6 Å². The summed E-state index contributed by atoms with van der Waals surface area (Å²) >= 11 is 0. The third-order valence-electron chi connectivity index (χ3n) is 5.45. The van der Waals surface area contributed by atoms with Crippen LogP contribution in [-0.4, -0.2) is 61.2 Å². The van der Waals surface area contributed by atoms with Crippen molar-refractivity contribution < 1.29 is 22.7 Å². The summed E-state index contributed by atoms with van der Waals surface area (Å²) in [6.45, 7) is 3.44. The standard InChI is InChI=1S/C22H25N3O6S/c1-16-7-8-17(15-20(16)32(28,29)24-10-13-30-14-11-24)21(26)31-12-4-9-25-19-6-3-2-5-18(19)23-22(25)27/h2-3,5-8,15H,4,9-14H2,1H3,(H,23,27). The number of aromatic amines is 1. The van der Waals surface area contributed by atoms with Crippen molar-refractivity contribution in [3.63, 3.8) is 0 Å². The molecule has 0 atom stereocenters. The number of imidazole rings is 1. The summed E-state index contributed by atoms with van der Waals surface area (Å²) in [7, 11) is -3.73. The molecule has 4 rings (SSSR count). The molecule has 1 aliphatic heterocycles. The van der Waals surface area contributed by atoms with Gasteiger partial charge in [0.25, 0.3) is 0 Å². The van der Waals surface area contributed by atoms with Crippen molar-refractivity contribution in [1.29, 1.82) is 0 Å². The molecule has 0 amide bonds. The number of nitrogens with one attached hydrogen (secondary N) is 1. The second-order valence-electron chi connectivity index (χ2n) is 7.59. The normalized spacial score (nSPS) is 15.2. The number of hydrogen-bond acceptors (Lipinski definition) is 6. The van der Waals surface area contributed by atoms with Crippen LogP contribution in [0.3, 0.4) is 0 Å². The first-order chi connectivity index (χ1) is 15.4. The molecule has 1 saturated heterocycles. The Balaban J connectivity index is 1.41. The quantitative estimate of drug-likeness (QED) is 0.427. The minimum atomic E-state index is -3.73. The lowest BCUT2D eigenvalue weighted by Crippen LogP contribution is -2.40. The summed E-state index contributed by atoms with van der Waals surface area (Å²) in [5, 5.41) is 0. The van der Waals surface area contributed by atoms with Crippen LogP contribution in [0.5, 0.6) is 0 Å². The Morgan fingerprint density at radius 1 is 1.16 bits per heavy atom. The van der Waals surface area contributed by atoms with E-state index in [1.165, 1.54) is 10.4 Å². The van der Waals surface area contributed by atoms with E-state index in [2.05, 4.69) is 4.98 Å². The van der Waals surface area contributed by atoms with Gasteiger partial charge in [0, 0.05) is 19.6 Å². The summed E-state index contributed by atoms with van der Waals surface area (Å²) in [6.07, 6.45) is 0.443. The van der Waals surface area contributed by atoms with E-state index >= 15 is 0 Å².